The number of nitrogens with zero attached hydrogens (tertiary/aromatic N) is 3. The van der Waals surface area contributed by atoms with Crippen LogP contribution in [0.3, 0.4) is 0 Å². The summed E-state index contributed by atoms with van der Waals surface area (Å²) in [4.78, 5) is 30.3. The van der Waals surface area contributed by atoms with E-state index in [1.807, 2.05) is 20.8 Å². The van der Waals surface area contributed by atoms with Crippen molar-refractivity contribution in [2.75, 3.05) is 13.1 Å². The number of likely N-dealkylation sites (tertiary alicyclic amines) is 1. The molecule has 1 aliphatic rings. The van der Waals surface area contributed by atoms with Gasteiger partial charge >= 0.3 is 6.09 Å². The van der Waals surface area contributed by atoms with Crippen LogP contribution in [-0.4, -0.2) is 51.2 Å². The Hall–Kier alpha value is -2.05. The summed E-state index contributed by atoms with van der Waals surface area (Å²) < 4.78 is 7.11. The van der Waals surface area contributed by atoms with Crippen LogP contribution in [-0.2, 0) is 11.8 Å². The van der Waals surface area contributed by atoms with Crippen LogP contribution in [0.1, 0.15) is 50.7 Å². The first-order valence-electron chi connectivity index (χ1n) is 8.02. The Morgan fingerprint density at radius 3 is 2.70 bits per heavy atom. The summed E-state index contributed by atoms with van der Waals surface area (Å²) in [7, 11) is 1.78. The van der Waals surface area contributed by atoms with Crippen LogP contribution < -0.4 is 5.32 Å². The number of aryl methyl sites for hydroxylation is 1. The summed E-state index contributed by atoms with van der Waals surface area (Å²) >= 11 is 0. The third-order valence-corrected chi connectivity index (χ3v) is 3.68. The Bertz CT molecular complexity index is 562. The number of carbonyl (C=O) groups excluding carboxylic acids is 2. The Labute approximate surface area is 137 Å². The first-order valence-corrected chi connectivity index (χ1v) is 8.02. The topological polar surface area (TPSA) is 76.5 Å². The van der Waals surface area contributed by atoms with Gasteiger partial charge in [-0.05, 0) is 40.0 Å². The lowest BCUT2D eigenvalue weighted by atomic mass is 10.1. The average Bonchev–Trinajstić information content (AvgIpc) is 2.72. The molecule has 0 bridgehead atoms. The Kier molecular flexibility index (Phi) is 5.28. The lowest BCUT2D eigenvalue weighted by molar-refractivity contribution is 0.0242. The molecular formula is C16H26N4O3. The van der Waals surface area contributed by atoms with Gasteiger partial charge in [0.25, 0.3) is 5.91 Å². The maximum atomic E-state index is 12.3. The molecule has 1 aliphatic heterocycles. The van der Waals surface area contributed by atoms with Gasteiger partial charge in [0.2, 0.25) is 0 Å². The molecule has 7 nitrogen and oxygen atoms in total. The van der Waals surface area contributed by atoms with Crippen molar-refractivity contribution in [3.63, 3.8) is 0 Å². The number of amides is 2. The highest BCUT2D eigenvalue weighted by Gasteiger charge is 2.27. The first kappa shape index (κ1) is 17.3. The fourth-order valence-corrected chi connectivity index (χ4v) is 2.59. The third-order valence-electron chi connectivity index (χ3n) is 3.68. The highest BCUT2D eigenvalue weighted by Crippen LogP contribution is 2.15. The van der Waals surface area contributed by atoms with Gasteiger partial charge in [-0.25, -0.2) is 9.78 Å². The quantitative estimate of drug-likeness (QED) is 0.903. The van der Waals surface area contributed by atoms with Crippen molar-refractivity contribution in [3.05, 3.63) is 18.2 Å². The zero-order chi connectivity index (χ0) is 17.0. The molecule has 0 saturated carbocycles. The molecule has 128 valence electrons. The summed E-state index contributed by atoms with van der Waals surface area (Å²) in [5, 5.41) is 2.98. The van der Waals surface area contributed by atoms with E-state index in [-0.39, 0.29) is 18.0 Å². The second-order valence-corrected chi connectivity index (χ2v) is 6.95. The molecule has 0 radical (unpaired) electrons. The second-order valence-electron chi connectivity index (χ2n) is 6.95. The van der Waals surface area contributed by atoms with Crippen molar-refractivity contribution < 1.29 is 14.3 Å². The second kappa shape index (κ2) is 7.02. The Morgan fingerprint density at radius 1 is 1.35 bits per heavy atom. The van der Waals surface area contributed by atoms with Crippen molar-refractivity contribution >= 4 is 12.0 Å². The summed E-state index contributed by atoms with van der Waals surface area (Å²) in [5.41, 5.74) is -0.519. The van der Waals surface area contributed by atoms with E-state index in [1.54, 1.807) is 28.9 Å². The molecule has 1 atom stereocenters. The number of rotatable bonds is 2. The molecule has 2 rings (SSSR count). The fourth-order valence-electron chi connectivity index (χ4n) is 2.59. The Balaban J connectivity index is 1.98. The minimum atomic E-state index is -0.519. The molecule has 0 aromatic carbocycles. The van der Waals surface area contributed by atoms with Gasteiger partial charge in [-0.2, -0.15) is 0 Å². The predicted molar refractivity (Wildman–Crippen MR) is 86.1 cm³/mol. The normalized spacial score (nSPS) is 19.1. The van der Waals surface area contributed by atoms with Gasteiger partial charge in [-0.3, -0.25) is 4.79 Å². The number of nitrogens with one attached hydrogen (secondary N) is 1. The van der Waals surface area contributed by atoms with Gasteiger partial charge in [-0.15, -0.1) is 0 Å². The van der Waals surface area contributed by atoms with Gasteiger partial charge < -0.3 is 19.5 Å². The van der Waals surface area contributed by atoms with Crippen LogP contribution in [0.4, 0.5) is 4.79 Å². The van der Waals surface area contributed by atoms with E-state index in [9.17, 15) is 9.59 Å². The molecule has 1 aromatic rings. The first-order chi connectivity index (χ1) is 10.8. The van der Waals surface area contributed by atoms with E-state index in [0.29, 0.717) is 18.9 Å². The van der Waals surface area contributed by atoms with Gasteiger partial charge in [0.15, 0.2) is 5.82 Å². The third kappa shape index (κ3) is 4.97. The van der Waals surface area contributed by atoms with E-state index in [4.69, 9.17) is 4.74 Å². The maximum absolute atomic E-state index is 12.3. The lowest BCUT2D eigenvalue weighted by Crippen LogP contribution is -2.46. The summed E-state index contributed by atoms with van der Waals surface area (Å²) in [6.45, 7) is 6.67. The molecule has 1 saturated heterocycles. The van der Waals surface area contributed by atoms with Crippen LogP contribution in [0.5, 0.6) is 0 Å². The monoisotopic (exact) mass is 322 g/mol. The van der Waals surface area contributed by atoms with Crippen LogP contribution in [0.2, 0.25) is 0 Å². The van der Waals surface area contributed by atoms with Gasteiger partial charge in [0.05, 0.1) is 0 Å². The number of carbonyl (C=O) groups is 2. The predicted octanol–water partition coefficient (Wildman–Crippen LogP) is 1.94. The molecule has 2 heterocycles. The number of hydrogen-bond acceptors (Lipinski definition) is 4. The molecule has 23 heavy (non-hydrogen) atoms. The molecule has 1 unspecified atom stereocenters. The van der Waals surface area contributed by atoms with Gasteiger partial charge in [0.1, 0.15) is 5.60 Å². The minimum absolute atomic E-state index is 0.0887. The molecule has 0 spiro atoms. The molecule has 7 heteroatoms. The Morgan fingerprint density at radius 2 is 2.09 bits per heavy atom. The largest absolute Gasteiger partial charge is 0.444 e. The highest BCUT2D eigenvalue weighted by molar-refractivity contribution is 5.91. The van der Waals surface area contributed by atoms with Crippen LogP contribution >= 0.6 is 0 Å². The molecule has 1 fully saturated rings. The average molecular weight is 322 g/mol. The van der Waals surface area contributed by atoms with Crippen molar-refractivity contribution in [2.45, 2.75) is 51.7 Å². The van der Waals surface area contributed by atoms with E-state index in [2.05, 4.69) is 10.3 Å². The lowest BCUT2D eigenvalue weighted by Gasteiger charge is -2.28. The zero-order valence-electron chi connectivity index (χ0n) is 14.3. The van der Waals surface area contributed by atoms with E-state index in [0.717, 1.165) is 19.3 Å². The van der Waals surface area contributed by atoms with Gasteiger partial charge in [0, 0.05) is 38.6 Å². The summed E-state index contributed by atoms with van der Waals surface area (Å²) in [6, 6.07) is -0.0887. The highest BCUT2D eigenvalue weighted by atomic mass is 16.6. The maximum Gasteiger partial charge on any atom is 0.410 e. The zero-order valence-corrected chi connectivity index (χ0v) is 14.3. The van der Waals surface area contributed by atoms with Crippen LogP contribution in [0.25, 0.3) is 0 Å². The molecular weight excluding hydrogens is 296 g/mol. The smallest absolute Gasteiger partial charge is 0.410 e. The molecule has 1 aromatic heterocycles. The van der Waals surface area contributed by atoms with Crippen molar-refractivity contribution in [3.8, 4) is 0 Å². The number of imidazole rings is 1. The van der Waals surface area contributed by atoms with E-state index < -0.39 is 5.60 Å². The van der Waals surface area contributed by atoms with Crippen molar-refractivity contribution in [1.82, 2.24) is 19.8 Å². The van der Waals surface area contributed by atoms with Gasteiger partial charge in [-0.1, -0.05) is 0 Å². The minimum Gasteiger partial charge on any atom is -0.444 e. The van der Waals surface area contributed by atoms with Crippen LogP contribution in [0.15, 0.2) is 12.4 Å². The molecule has 0 aliphatic carbocycles. The van der Waals surface area contributed by atoms with Crippen LogP contribution in [0, 0.1) is 0 Å². The fraction of sp³-hybridized carbons (Fsp3) is 0.688. The molecule has 2 amide bonds. The number of ether oxygens (including phenoxy) is 1. The van der Waals surface area contributed by atoms with Crippen molar-refractivity contribution in [2.24, 2.45) is 7.05 Å². The number of aromatic nitrogens is 2. The number of hydrogen-bond donors (Lipinski definition) is 1. The van der Waals surface area contributed by atoms with Crippen molar-refractivity contribution in [1.29, 1.82) is 0 Å². The van der Waals surface area contributed by atoms with E-state index >= 15 is 0 Å². The molecule has 1 N–H and O–H groups in total. The standard InChI is InChI=1S/C16H26N4O3/c1-16(2,3)23-15(22)20-9-6-5-7-12(11-20)18-14(21)13-17-8-10-19(13)4/h8,10,12H,5-7,9,11H2,1-4H3,(H,18,21). The SMILES string of the molecule is Cn1ccnc1C(=O)NC1CCCCN(C(=O)OC(C)(C)C)C1. The van der Waals surface area contributed by atoms with E-state index in [1.165, 1.54) is 0 Å². The summed E-state index contributed by atoms with van der Waals surface area (Å²) in [6.07, 6.45) is 5.72. The summed E-state index contributed by atoms with van der Waals surface area (Å²) in [5.74, 6) is 0.159.